The fraction of sp³-hybridized carbons (Fsp3) is 0.529. The minimum Gasteiger partial charge on any atom is -0.357 e. The average molecular weight is 401 g/mol. The van der Waals surface area contributed by atoms with Gasteiger partial charge in [0.05, 0.1) is 13.1 Å². The smallest absolute Gasteiger partial charge is 0.242 e. The second kappa shape index (κ2) is 10.3. The minimum absolute atomic E-state index is 0.0556. The average Bonchev–Trinajstić information content (AvgIpc) is 2.55. The van der Waals surface area contributed by atoms with E-state index < -0.39 is 0 Å². The van der Waals surface area contributed by atoms with E-state index in [1.54, 1.807) is 15.9 Å². The Morgan fingerprint density at radius 3 is 2.54 bits per heavy atom. The number of nitrogens with zero attached hydrogens (tertiary/aromatic N) is 3. The standard InChI is InChI=1S/C17H26BrFN4O/c1-5-20-17(22(4)12-16(24)23(6-2)7-3)21-11-13-10-14(19)8-9-15(13)18/h8-10H,5-7,11-12H2,1-4H3,(H,20,21). The zero-order chi connectivity index (χ0) is 18.1. The Bertz CT molecular complexity index is 576. The number of amides is 1. The molecule has 134 valence electrons. The summed E-state index contributed by atoms with van der Waals surface area (Å²) in [4.78, 5) is 20.3. The first-order valence-electron chi connectivity index (χ1n) is 8.14. The number of hydrogen-bond acceptors (Lipinski definition) is 2. The van der Waals surface area contributed by atoms with Crippen molar-refractivity contribution < 1.29 is 9.18 Å². The Morgan fingerprint density at radius 1 is 1.29 bits per heavy atom. The van der Waals surface area contributed by atoms with Crippen LogP contribution in [-0.4, -0.2) is 54.9 Å². The number of benzene rings is 1. The number of halogens is 2. The summed E-state index contributed by atoms with van der Waals surface area (Å²) in [6.45, 7) is 8.52. The maximum absolute atomic E-state index is 13.4. The number of hydrogen-bond donors (Lipinski definition) is 1. The van der Waals surface area contributed by atoms with Crippen molar-refractivity contribution >= 4 is 27.8 Å². The molecule has 0 aliphatic heterocycles. The van der Waals surface area contributed by atoms with E-state index in [9.17, 15) is 9.18 Å². The first kappa shape index (κ1) is 20.4. The molecule has 0 aliphatic rings. The summed E-state index contributed by atoms with van der Waals surface area (Å²) in [7, 11) is 1.82. The molecule has 0 aromatic heterocycles. The molecular weight excluding hydrogens is 375 g/mol. The molecule has 24 heavy (non-hydrogen) atoms. The minimum atomic E-state index is -0.293. The molecule has 0 saturated heterocycles. The lowest BCUT2D eigenvalue weighted by Gasteiger charge is -2.25. The Balaban J connectivity index is 2.84. The van der Waals surface area contributed by atoms with E-state index in [1.807, 2.05) is 27.8 Å². The van der Waals surface area contributed by atoms with Crippen LogP contribution in [0.4, 0.5) is 4.39 Å². The first-order valence-corrected chi connectivity index (χ1v) is 8.93. The molecule has 0 aliphatic carbocycles. The number of carbonyl (C=O) groups is 1. The largest absolute Gasteiger partial charge is 0.357 e. The lowest BCUT2D eigenvalue weighted by Crippen LogP contribution is -2.45. The van der Waals surface area contributed by atoms with Crippen LogP contribution in [0.2, 0.25) is 0 Å². The van der Waals surface area contributed by atoms with E-state index in [4.69, 9.17) is 0 Å². The molecule has 0 atom stereocenters. The van der Waals surface area contributed by atoms with E-state index in [0.717, 1.165) is 10.0 Å². The molecule has 0 saturated carbocycles. The number of guanidine groups is 1. The molecule has 5 nitrogen and oxygen atoms in total. The molecule has 0 spiro atoms. The molecule has 0 radical (unpaired) electrons. The molecule has 0 bridgehead atoms. The molecule has 1 aromatic rings. The van der Waals surface area contributed by atoms with Gasteiger partial charge in [-0.2, -0.15) is 0 Å². The maximum Gasteiger partial charge on any atom is 0.242 e. The predicted octanol–water partition coefficient (Wildman–Crippen LogP) is 2.85. The third-order valence-corrected chi connectivity index (χ3v) is 4.37. The van der Waals surface area contributed by atoms with E-state index in [-0.39, 0.29) is 18.3 Å². The number of likely N-dealkylation sites (N-methyl/N-ethyl adjacent to an activating group) is 2. The topological polar surface area (TPSA) is 47.9 Å². The van der Waals surface area contributed by atoms with Gasteiger partial charge in [0.25, 0.3) is 0 Å². The quantitative estimate of drug-likeness (QED) is 0.565. The summed E-state index contributed by atoms with van der Waals surface area (Å²) in [5, 5.41) is 3.16. The molecule has 0 heterocycles. The zero-order valence-corrected chi connectivity index (χ0v) is 16.4. The van der Waals surface area contributed by atoms with E-state index in [2.05, 4.69) is 26.2 Å². The van der Waals surface area contributed by atoms with Gasteiger partial charge in [0.2, 0.25) is 5.91 Å². The van der Waals surface area contributed by atoms with Crippen molar-refractivity contribution in [3.8, 4) is 0 Å². The van der Waals surface area contributed by atoms with Crippen LogP contribution < -0.4 is 5.32 Å². The van der Waals surface area contributed by atoms with Crippen LogP contribution in [0.1, 0.15) is 26.3 Å². The number of carbonyl (C=O) groups excluding carboxylic acids is 1. The van der Waals surface area contributed by atoms with Crippen LogP contribution in [0, 0.1) is 5.82 Å². The van der Waals surface area contributed by atoms with Gasteiger partial charge in [-0.05, 0) is 44.5 Å². The zero-order valence-electron chi connectivity index (χ0n) is 14.8. The normalized spacial score (nSPS) is 11.3. The maximum atomic E-state index is 13.4. The second-order valence-corrected chi connectivity index (χ2v) is 6.18. The summed E-state index contributed by atoms with van der Waals surface area (Å²) < 4.78 is 14.2. The van der Waals surface area contributed by atoms with Gasteiger partial charge >= 0.3 is 0 Å². The van der Waals surface area contributed by atoms with Gasteiger partial charge in [-0.3, -0.25) is 4.79 Å². The Labute approximate surface area is 152 Å². The molecule has 1 N–H and O–H groups in total. The first-order chi connectivity index (χ1) is 11.4. The highest BCUT2D eigenvalue weighted by atomic mass is 79.9. The van der Waals surface area contributed by atoms with Crippen molar-refractivity contribution in [2.75, 3.05) is 33.2 Å². The summed E-state index contributed by atoms with van der Waals surface area (Å²) in [6.07, 6.45) is 0. The fourth-order valence-electron chi connectivity index (χ4n) is 2.25. The van der Waals surface area contributed by atoms with Gasteiger partial charge < -0.3 is 15.1 Å². The highest BCUT2D eigenvalue weighted by Gasteiger charge is 2.15. The van der Waals surface area contributed by atoms with Crippen LogP contribution in [0.25, 0.3) is 0 Å². The molecule has 0 unspecified atom stereocenters. The second-order valence-electron chi connectivity index (χ2n) is 5.33. The van der Waals surface area contributed by atoms with Crippen molar-refractivity contribution in [3.63, 3.8) is 0 Å². The van der Waals surface area contributed by atoms with Crippen molar-refractivity contribution in [1.82, 2.24) is 15.1 Å². The Hall–Kier alpha value is -1.63. The Kier molecular flexibility index (Phi) is 8.74. The summed E-state index contributed by atoms with van der Waals surface area (Å²) in [5.41, 5.74) is 0.758. The molecular formula is C17H26BrFN4O. The summed E-state index contributed by atoms with van der Waals surface area (Å²) >= 11 is 3.40. The van der Waals surface area contributed by atoms with Gasteiger partial charge in [-0.1, -0.05) is 15.9 Å². The molecule has 1 rings (SSSR count). The van der Waals surface area contributed by atoms with Crippen LogP contribution in [0.3, 0.4) is 0 Å². The predicted molar refractivity (Wildman–Crippen MR) is 99.5 cm³/mol. The number of nitrogens with one attached hydrogen (secondary N) is 1. The van der Waals surface area contributed by atoms with Crippen molar-refractivity contribution in [3.05, 3.63) is 34.1 Å². The highest BCUT2D eigenvalue weighted by molar-refractivity contribution is 9.10. The SMILES string of the molecule is CCNC(=NCc1cc(F)ccc1Br)N(C)CC(=O)N(CC)CC. The van der Waals surface area contributed by atoms with E-state index >= 15 is 0 Å². The van der Waals surface area contributed by atoms with Gasteiger partial charge in [0.15, 0.2) is 5.96 Å². The molecule has 0 fully saturated rings. The van der Waals surface area contributed by atoms with Crippen molar-refractivity contribution in [1.29, 1.82) is 0 Å². The molecule has 1 amide bonds. The van der Waals surface area contributed by atoms with Crippen LogP contribution in [-0.2, 0) is 11.3 Å². The number of aliphatic imine (C=N–C) groups is 1. The van der Waals surface area contributed by atoms with Crippen molar-refractivity contribution in [2.24, 2.45) is 4.99 Å². The van der Waals surface area contributed by atoms with Crippen LogP contribution >= 0.6 is 15.9 Å². The fourth-order valence-corrected chi connectivity index (χ4v) is 2.62. The number of rotatable bonds is 7. The van der Waals surface area contributed by atoms with Gasteiger partial charge in [0.1, 0.15) is 5.82 Å². The Morgan fingerprint density at radius 2 is 1.96 bits per heavy atom. The van der Waals surface area contributed by atoms with E-state index in [0.29, 0.717) is 32.1 Å². The van der Waals surface area contributed by atoms with Gasteiger partial charge in [-0.15, -0.1) is 0 Å². The monoisotopic (exact) mass is 400 g/mol. The van der Waals surface area contributed by atoms with Gasteiger partial charge in [0, 0.05) is 31.2 Å². The highest BCUT2D eigenvalue weighted by Crippen LogP contribution is 2.18. The molecule has 7 heteroatoms. The lowest BCUT2D eigenvalue weighted by molar-refractivity contribution is -0.131. The molecule has 1 aromatic carbocycles. The lowest BCUT2D eigenvalue weighted by atomic mass is 10.2. The van der Waals surface area contributed by atoms with Crippen LogP contribution in [0.15, 0.2) is 27.7 Å². The van der Waals surface area contributed by atoms with E-state index in [1.165, 1.54) is 12.1 Å². The van der Waals surface area contributed by atoms with Gasteiger partial charge in [-0.25, -0.2) is 9.38 Å². The van der Waals surface area contributed by atoms with Crippen molar-refractivity contribution in [2.45, 2.75) is 27.3 Å². The summed E-state index contributed by atoms with van der Waals surface area (Å²) in [6, 6.07) is 4.52. The van der Waals surface area contributed by atoms with Crippen LogP contribution in [0.5, 0.6) is 0 Å². The third-order valence-electron chi connectivity index (χ3n) is 3.59. The third kappa shape index (κ3) is 6.11. The summed E-state index contributed by atoms with van der Waals surface area (Å²) in [5.74, 6) is 0.382.